The van der Waals surface area contributed by atoms with Gasteiger partial charge in [-0.05, 0) is 0 Å². The van der Waals surface area contributed by atoms with Crippen LogP contribution in [0.1, 0.15) is 10.5 Å². The van der Waals surface area contributed by atoms with Crippen LogP contribution in [0.4, 0.5) is 0 Å². The summed E-state index contributed by atoms with van der Waals surface area (Å²) in [6.45, 7) is 0. The van der Waals surface area contributed by atoms with Gasteiger partial charge in [0, 0.05) is 7.05 Å². The van der Waals surface area contributed by atoms with Crippen LogP contribution in [-0.4, -0.2) is 28.4 Å². The van der Waals surface area contributed by atoms with E-state index < -0.39 is 5.97 Å². The smallest absolute Gasteiger partial charge is 0.356 e. The third-order valence-corrected chi connectivity index (χ3v) is 2.52. The molecule has 5 nitrogen and oxygen atoms in total. The van der Waals surface area contributed by atoms with Gasteiger partial charge in [-0.1, -0.05) is 11.8 Å². The van der Waals surface area contributed by atoms with Crippen LogP contribution in [-0.2, 0) is 11.8 Å². The summed E-state index contributed by atoms with van der Waals surface area (Å²) in [5.41, 5.74) is 0.382. The highest BCUT2D eigenvalue weighted by Crippen LogP contribution is 2.16. The maximum absolute atomic E-state index is 11.2. The van der Waals surface area contributed by atoms with Crippen molar-refractivity contribution in [1.29, 1.82) is 5.26 Å². The highest BCUT2D eigenvalue weighted by molar-refractivity contribution is 7.99. The van der Waals surface area contributed by atoms with Crippen LogP contribution in [0.5, 0.6) is 0 Å². The molecule has 0 atom stereocenters. The summed E-state index contributed by atoms with van der Waals surface area (Å²) >= 11 is 1.28. The Hall–Kier alpha value is -1.48. The van der Waals surface area contributed by atoms with Crippen LogP contribution in [0.15, 0.2) is 11.4 Å². The van der Waals surface area contributed by atoms with Gasteiger partial charge in [0.25, 0.3) is 0 Å². The van der Waals surface area contributed by atoms with E-state index in [1.54, 1.807) is 11.6 Å². The summed E-state index contributed by atoms with van der Waals surface area (Å²) in [6.07, 6.45) is 1.44. The number of ether oxygens (including phenoxy) is 1. The fraction of sp³-hybridized carbons (Fsp3) is 0.375. The van der Waals surface area contributed by atoms with E-state index in [0.717, 1.165) is 0 Å². The number of carbonyl (C=O) groups excluding carboxylic acids is 1. The van der Waals surface area contributed by atoms with Crippen molar-refractivity contribution in [2.24, 2.45) is 7.05 Å². The maximum atomic E-state index is 11.2. The lowest BCUT2D eigenvalue weighted by atomic mass is 10.5. The Labute approximate surface area is 85.7 Å². The first-order valence-corrected chi connectivity index (χ1v) is 4.79. The molecule has 1 rings (SSSR count). The third-order valence-electron chi connectivity index (χ3n) is 1.61. The Bertz CT molecular complexity index is 380. The summed E-state index contributed by atoms with van der Waals surface area (Å²) in [7, 11) is 3.02. The molecule has 0 saturated carbocycles. The van der Waals surface area contributed by atoms with Gasteiger partial charge in [0.05, 0.1) is 25.1 Å². The van der Waals surface area contributed by atoms with Gasteiger partial charge in [-0.2, -0.15) is 5.26 Å². The number of nitrogens with zero attached hydrogens (tertiary/aromatic N) is 3. The van der Waals surface area contributed by atoms with Crippen LogP contribution < -0.4 is 0 Å². The fourth-order valence-corrected chi connectivity index (χ4v) is 1.53. The summed E-state index contributed by atoms with van der Waals surface area (Å²) in [5.74, 6) is -0.116. The molecule has 1 aromatic rings. The first kappa shape index (κ1) is 10.6. The highest BCUT2D eigenvalue weighted by atomic mass is 32.2. The SMILES string of the molecule is COC(=O)c1cnc(SCC#N)n1C. The Morgan fingerprint density at radius 3 is 3.14 bits per heavy atom. The van der Waals surface area contributed by atoms with E-state index >= 15 is 0 Å². The number of methoxy groups -OCH3 is 1. The van der Waals surface area contributed by atoms with E-state index in [1.807, 2.05) is 6.07 Å². The lowest BCUT2D eigenvalue weighted by Gasteiger charge is -2.01. The van der Waals surface area contributed by atoms with E-state index in [-0.39, 0.29) is 0 Å². The van der Waals surface area contributed by atoms with Crippen LogP contribution in [0.2, 0.25) is 0 Å². The quantitative estimate of drug-likeness (QED) is 0.547. The molecule has 0 aliphatic rings. The van der Waals surface area contributed by atoms with Crippen molar-refractivity contribution in [3.05, 3.63) is 11.9 Å². The van der Waals surface area contributed by atoms with Crippen molar-refractivity contribution >= 4 is 17.7 Å². The molecule has 0 radical (unpaired) electrons. The minimum absolute atomic E-state index is 0.311. The van der Waals surface area contributed by atoms with Crippen molar-refractivity contribution < 1.29 is 9.53 Å². The monoisotopic (exact) mass is 211 g/mol. The average Bonchev–Trinajstić information content (AvgIpc) is 2.56. The largest absolute Gasteiger partial charge is 0.464 e. The number of hydrogen-bond acceptors (Lipinski definition) is 5. The van der Waals surface area contributed by atoms with Crippen molar-refractivity contribution in [3.63, 3.8) is 0 Å². The average molecular weight is 211 g/mol. The molecule has 6 heteroatoms. The Balaban J connectivity index is 2.86. The Kier molecular flexibility index (Phi) is 3.54. The van der Waals surface area contributed by atoms with Crippen LogP contribution in [0, 0.1) is 11.3 Å². The molecular formula is C8H9N3O2S. The zero-order chi connectivity index (χ0) is 10.6. The molecule has 14 heavy (non-hydrogen) atoms. The molecule has 0 saturated heterocycles. The summed E-state index contributed by atoms with van der Waals surface area (Å²) < 4.78 is 6.17. The second-order valence-electron chi connectivity index (χ2n) is 2.42. The molecule has 0 amide bonds. The first-order chi connectivity index (χ1) is 6.70. The van der Waals surface area contributed by atoms with Gasteiger partial charge in [0.15, 0.2) is 5.16 Å². The second kappa shape index (κ2) is 4.67. The predicted octanol–water partition coefficient (Wildman–Crippen LogP) is 0.822. The van der Waals surface area contributed by atoms with E-state index in [1.165, 1.54) is 25.1 Å². The summed E-state index contributed by atoms with van der Waals surface area (Å²) in [4.78, 5) is 15.2. The van der Waals surface area contributed by atoms with E-state index in [9.17, 15) is 4.79 Å². The first-order valence-electron chi connectivity index (χ1n) is 3.80. The number of nitriles is 1. The normalized spacial score (nSPS) is 9.50. The minimum atomic E-state index is -0.427. The third kappa shape index (κ3) is 2.06. The van der Waals surface area contributed by atoms with Crippen LogP contribution in [0.25, 0.3) is 0 Å². The topological polar surface area (TPSA) is 67.9 Å². The summed E-state index contributed by atoms with van der Waals surface area (Å²) in [5, 5.41) is 9.01. The van der Waals surface area contributed by atoms with Gasteiger partial charge in [-0.15, -0.1) is 0 Å². The van der Waals surface area contributed by atoms with E-state index in [4.69, 9.17) is 5.26 Å². The molecule has 0 unspecified atom stereocenters. The second-order valence-corrected chi connectivity index (χ2v) is 3.37. The van der Waals surface area contributed by atoms with Gasteiger partial charge in [-0.3, -0.25) is 0 Å². The molecular weight excluding hydrogens is 202 g/mol. The van der Waals surface area contributed by atoms with E-state index in [0.29, 0.717) is 16.6 Å². The Morgan fingerprint density at radius 2 is 2.57 bits per heavy atom. The van der Waals surface area contributed by atoms with Gasteiger partial charge in [0.2, 0.25) is 0 Å². The fourth-order valence-electron chi connectivity index (χ4n) is 0.918. The number of hydrogen-bond donors (Lipinski definition) is 0. The molecule has 0 N–H and O–H groups in total. The number of imidazole rings is 1. The van der Waals surface area contributed by atoms with Crippen LogP contribution >= 0.6 is 11.8 Å². The molecule has 0 bridgehead atoms. The zero-order valence-electron chi connectivity index (χ0n) is 7.85. The molecule has 0 aromatic carbocycles. The van der Waals surface area contributed by atoms with Gasteiger partial charge in [0.1, 0.15) is 5.69 Å². The van der Waals surface area contributed by atoms with Gasteiger partial charge in [-0.25, -0.2) is 9.78 Å². The lowest BCUT2D eigenvalue weighted by Crippen LogP contribution is -2.07. The Morgan fingerprint density at radius 1 is 1.86 bits per heavy atom. The molecule has 0 aliphatic heterocycles. The number of rotatable bonds is 3. The number of thioether (sulfide) groups is 1. The molecule has 0 aliphatic carbocycles. The number of carbonyl (C=O) groups is 1. The van der Waals surface area contributed by atoms with Gasteiger partial charge >= 0.3 is 5.97 Å². The predicted molar refractivity (Wildman–Crippen MR) is 50.9 cm³/mol. The van der Waals surface area contributed by atoms with Crippen molar-refractivity contribution in [1.82, 2.24) is 9.55 Å². The lowest BCUT2D eigenvalue weighted by molar-refractivity contribution is 0.0589. The number of aromatic nitrogens is 2. The molecule has 1 aromatic heterocycles. The van der Waals surface area contributed by atoms with Crippen LogP contribution in [0.3, 0.4) is 0 Å². The van der Waals surface area contributed by atoms with E-state index in [2.05, 4.69) is 9.72 Å². The molecule has 74 valence electrons. The van der Waals surface area contributed by atoms with Crippen molar-refractivity contribution in [2.45, 2.75) is 5.16 Å². The maximum Gasteiger partial charge on any atom is 0.356 e. The molecule has 0 spiro atoms. The summed E-state index contributed by atoms with van der Waals surface area (Å²) in [6, 6.07) is 1.99. The minimum Gasteiger partial charge on any atom is -0.464 e. The van der Waals surface area contributed by atoms with Crippen molar-refractivity contribution in [3.8, 4) is 6.07 Å². The molecule has 1 heterocycles. The highest BCUT2D eigenvalue weighted by Gasteiger charge is 2.13. The molecule has 0 fully saturated rings. The van der Waals surface area contributed by atoms with Crippen molar-refractivity contribution in [2.75, 3.05) is 12.9 Å². The van der Waals surface area contributed by atoms with Gasteiger partial charge < -0.3 is 9.30 Å². The number of esters is 1. The standard InChI is InChI=1S/C8H9N3O2S/c1-11-6(7(12)13-2)5-10-8(11)14-4-3-9/h5H,4H2,1-2H3. The zero-order valence-corrected chi connectivity index (χ0v) is 8.67.